The van der Waals surface area contributed by atoms with E-state index >= 15 is 0 Å². The molecule has 1 saturated heterocycles. The van der Waals surface area contributed by atoms with Crippen LogP contribution in [0.5, 0.6) is 5.75 Å². The number of nitrogens with zero attached hydrogens (tertiary/aromatic N) is 2. The molecule has 1 fully saturated rings. The molecule has 2 aromatic carbocycles. The standard InChI is InChI=1S/C25H35N3O4S/c1-2-32-23-15-13-22(14-16-23)28(33(30,31)24-11-6-5-7-12-24)21-25(29)26-17-10-20-27-18-8-3-4-9-19-27/h5-7,11-16H,2-4,8-10,17-21H2,1H3,(H,26,29). The number of anilines is 1. The van der Waals surface area contributed by atoms with Gasteiger partial charge in [0.1, 0.15) is 12.3 Å². The topological polar surface area (TPSA) is 79.0 Å². The molecule has 0 saturated carbocycles. The maximum Gasteiger partial charge on any atom is 0.264 e. The second-order valence-electron chi connectivity index (χ2n) is 8.21. The third kappa shape index (κ3) is 7.47. The molecule has 0 radical (unpaired) electrons. The van der Waals surface area contributed by atoms with Gasteiger partial charge in [-0.25, -0.2) is 8.42 Å². The molecule has 7 nitrogen and oxygen atoms in total. The fraction of sp³-hybridized carbons (Fsp3) is 0.480. The zero-order chi connectivity index (χ0) is 23.5. The lowest BCUT2D eigenvalue weighted by Crippen LogP contribution is -2.41. The third-order valence-corrected chi connectivity index (χ3v) is 7.51. The highest BCUT2D eigenvalue weighted by molar-refractivity contribution is 7.92. The molecule has 33 heavy (non-hydrogen) atoms. The van der Waals surface area contributed by atoms with Crippen LogP contribution >= 0.6 is 0 Å². The maximum absolute atomic E-state index is 13.4. The van der Waals surface area contributed by atoms with Crippen LogP contribution in [0.2, 0.25) is 0 Å². The highest BCUT2D eigenvalue weighted by Crippen LogP contribution is 2.25. The number of carbonyl (C=O) groups excluding carboxylic acids is 1. The van der Waals surface area contributed by atoms with Crippen molar-refractivity contribution < 1.29 is 17.9 Å². The summed E-state index contributed by atoms with van der Waals surface area (Å²) in [5, 5.41) is 2.90. The van der Waals surface area contributed by atoms with Crippen molar-refractivity contribution in [1.82, 2.24) is 10.2 Å². The van der Waals surface area contributed by atoms with Crippen LogP contribution in [0.15, 0.2) is 59.5 Å². The lowest BCUT2D eigenvalue weighted by Gasteiger charge is -2.24. The van der Waals surface area contributed by atoms with E-state index in [2.05, 4.69) is 10.2 Å². The molecule has 1 aliphatic heterocycles. The summed E-state index contributed by atoms with van der Waals surface area (Å²) < 4.78 is 33.3. The average molecular weight is 474 g/mol. The predicted octanol–water partition coefficient (Wildman–Crippen LogP) is 3.66. The lowest BCUT2D eigenvalue weighted by molar-refractivity contribution is -0.119. The maximum atomic E-state index is 13.4. The number of sulfonamides is 1. The highest BCUT2D eigenvalue weighted by Gasteiger charge is 2.27. The number of likely N-dealkylation sites (tertiary alicyclic amines) is 1. The van der Waals surface area contributed by atoms with Gasteiger partial charge in [-0.1, -0.05) is 31.0 Å². The second kappa shape index (κ2) is 12.6. The number of hydrogen-bond donors (Lipinski definition) is 1. The third-order valence-electron chi connectivity index (χ3n) is 5.73. The van der Waals surface area contributed by atoms with Gasteiger partial charge in [-0.05, 0) is 82.2 Å². The molecule has 0 bridgehead atoms. The Bertz CT molecular complexity index is 957. The van der Waals surface area contributed by atoms with Crippen LogP contribution in [0, 0.1) is 0 Å². The van der Waals surface area contributed by atoms with Crippen LogP contribution in [0.3, 0.4) is 0 Å². The van der Waals surface area contributed by atoms with E-state index in [1.807, 2.05) is 6.92 Å². The van der Waals surface area contributed by atoms with Gasteiger partial charge in [-0.15, -0.1) is 0 Å². The SMILES string of the molecule is CCOc1ccc(N(CC(=O)NCCCN2CCCCCC2)S(=O)(=O)c2ccccc2)cc1. The van der Waals surface area contributed by atoms with Gasteiger partial charge >= 0.3 is 0 Å². The summed E-state index contributed by atoms with van der Waals surface area (Å²) in [6.07, 6.45) is 5.91. The molecular weight excluding hydrogens is 438 g/mol. The number of carbonyl (C=O) groups is 1. The first-order valence-corrected chi connectivity index (χ1v) is 13.2. The molecule has 0 aliphatic carbocycles. The van der Waals surface area contributed by atoms with Gasteiger partial charge in [0, 0.05) is 6.54 Å². The largest absolute Gasteiger partial charge is 0.494 e. The first kappa shape index (κ1) is 25.1. The van der Waals surface area contributed by atoms with E-state index in [4.69, 9.17) is 4.74 Å². The van der Waals surface area contributed by atoms with Crippen molar-refractivity contribution in [1.29, 1.82) is 0 Å². The number of amides is 1. The van der Waals surface area contributed by atoms with Crippen molar-refractivity contribution in [3.63, 3.8) is 0 Å². The summed E-state index contributed by atoms with van der Waals surface area (Å²) in [6, 6.07) is 14.9. The molecule has 1 amide bonds. The smallest absolute Gasteiger partial charge is 0.264 e. The molecule has 180 valence electrons. The summed E-state index contributed by atoms with van der Waals surface area (Å²) in [4.78, 5) is 15.3. The van der Waals surface area contributed by atoms with Crippen molar-refractivity contribution in [2.75, 3.05) is 43.6 Å². The Morgan fingerprint density at radius 1 is 1.00 bits per heavy atom. The van der Waals surface area contributed by atoms with Gasteiger partial charge in [-0.2, -0.15) is 0 Å². The van der Waals surface area contributed by atoms with Gasteiger partial charge in [-0.3, -0.25) is 9.10 Å². The minimum atomic E-state index is -3.90. The molecule has 2 aromatic rings. The Balaban J connectivity index is 1.65. The molecule has 1 N–H and O–H groups in total. The van der Waals surface area contributed by atoms with E-state index < -0.39 is 10.0 Å². The minimum absolute atomic E-state index is 0.146. The van der Waals surface area contributed by atoms with Crippen LogP contribution in [0.1, 0.15) is 39.0 Å². The van der Waals surface area contributed by atoms with Crippen LogP contribution in [-0.4, -0.2) is 58.6 Å². The molecule has 0 aromatic heterocycles. The predicted molar refractivity (Wildman–Crippen MR) is 131 cm³/mol. The van der Waals surface area contributed by atoms with Crippen LogP contribution in [-0.2, 0) is 14.8 Å². The number of nitrogens with one attached hydrogen (secondary N) is 1. The van der Waals surface area contributed by atoms with E-state index in [9.17, 15) is 13.2 Å². The summed E-state index contributed by atoms with van der Waals surface area (Å²) >= 11 is 0. The Morgan fingerprint density at radius 3 is 2.30 bits per heavy atom. The molecule has 1 heterocycles. The van der Waals surface area contributed by atoms with Crippen LogP contribution < -0.4 is 14.4 Å². The summed E-state index contributed by atoms with van der Waals surface area (Å²) in [5.41, 5.74) is 0.419. The van der Waals surface area contributed by atoms with Gasteiger partial charge in [0.05, 0.1) is 17.2 Å². The molecule has 0 atom stereocenters. The van der Waals surface area contributed by atoms with Crippen LogP contribution in [0.4, 0.5) is 5.69 Å². The summed E-state index contributed by atoms with van der Waals surface area (Å²) in [7, 11) is -3.90. The quantitative estimate of drug-likeness (QED) is 0.504. The molecule has 3 rings (SSSR count). The number of benzene rings is 2. The van der Waals surface area contributed by atoms with Crippen molar-refractivity contribution in [3.05, 3.63) is 54.6 Å². The average Bonchev–Trinajstić information content (AvgIpc) is 3.10. The molecule has 1 aliphatic rings. The number of ether oxygens (including phenoxy) is 1. The number of hydrogen-bond acceptors (Lipinski definition) is 5. The first-order valence-electron chi connectivity index (χ1n) is 11.8. The minimum Gasteiger partial charge on any atom is -0.494 e. The fourth-order valence-corrected chi connectivity index (χ4v) is 5.43. The summed E-state index contributed by atoms with van der Waals surface area (Å²) in [6.45, 7) is 5.84. The molecule has 8 heteroatoms. The first-order chi connectivity index (χ1) is 16.0. The Kier molecular flexibility index (Phi) is 9.57. The van der Waals surface area contributed by atoms with Crippen molar-refractivity contribution in [2.24, 2.45) is 0 Å². The normalized spacial score (nSPS) is 14.9. The van der Waals surface area contributed by atoms with Gasteiger partial charge in [0.2, 0.25) is 5.91 Å². The summed E-state index contributed by atoms with van der Waals surface area (Å²) in [5.74, 6) is 0.329. The van der Waals surface area contributed by atoms with Gasteiger partial charge < -0.3 is 15.0 Å². The van der Waals surface area contributed by atoms with E-state index in [0.29, 0.717) is 24.6 Å². The fourth-order valence-electron chi connectivity index (χ4n) is 3.99. The van der Waals surface area contributed by atoms with Crippen molar-refractivity contribution in [3.8, 4) is 5.75 Å². The van der Waals surface area contributed by atoms with Crippen molar-refractivity contribution >= 4 is 21.6 Å². The number of rotatable bonds is 11. The highest BCUT2D eigenvalue weighted by atomic mass is 32.2. The second-order valence-corrected chi connectivity index (χ2v) is 10.1. The lowest BCUT2D eigenvalue weighted by atomic mass is 10.2. The molecule has 0 spiro atoms. The Hall–Kier alpha value is -2.58. The van der Waals surface area contributed by atoms with Gasteiger partial charge in [0.15, 0.2) is 0 Å². The van der Waals surface area contributed by atoms with Crippen molar-refractivity contribution in [2.45, 2.75) is 43.9 Å². The Morgan fingerprint density at radius 2 is 1.67 bits per heavy atom. The Labute approximate surface area is 197 Å². The van der Waals surface area contributed by atoms with Gasteiger partial charge in [0.25, 0.3) is 10.0 Å². The molecular formula is C25H35N3O4S. The zero-order valence-electron chi connectivity index (χ0n) is 19.4. The van der Waals surface area contributed by atoms with Crippen LogP contribution in [0.25, 0.3) is 0 Å². The monoisotopic (exact) mass is 473 g/mol. The van der Waals surface area contributed by atoms with E-state index in [1.165, 1.54) is 37.8 Å². The van der Waals surface area contributed by atoms with E-state index in [0.717, 1.165) is 30.4 Å². The molecule has 0 unspecified atom stereocenters. The van der Waals surface area contributed by atoms with E-state index in [-0.39, 0.29) is 17.3 Å². The van der Waals surface area contributed by atoms with E-state index in [1.54, 1.807) is 42.5 Å². The zero-order valence-corrected chi connectivity index (χ0v) is 20.2.